The minimum Gasteiger partial charge on any atom is -0.316 e. The van der Waals surface area contributed by atoms with Crippen LogP contribution in [0.4, 0.5) is 0 Å². The van der Waals surface area contributed by atoms with Crippen LogP contribution < -0.4 is 5.73 Å². The summed E-state index contributed by atoms with van der Waals surface area (Å²) in [5, 5.41) is 16.1. The molecule has 0 radical (unpaired) electrons. The molecule has 0 aliphatic rings. The lowest BCUT2D eigenvalue weighted by Crippen LogP contribution is -2.13. The van der Waals surface area contributed by atoms with E-state index >= 15 is 0 Å². The number of aromatic amines is 1. The highest BCUT2D eigenvalue weighted by molar-refractivity contribution is 7.09. The number of nitrogens with one attached hydrogen (secondary N) is 1. The van der Waals surface area contributed by atoms with E-state index in [2.05, 4.69) is 25.6 Å². The van der Waals surface area contributed by atoms with Crippen LogP contribution in [0.5, 0.6) is 0 Å². The zero-order valence-electron chi connectivity index (χ0n) is 6.93. The van der Waals surface area contributed by atoms with Crippen molar-refractivity contribution in [3.63, 3.8) is 0 Å². The Morgan fingerprint density at radius 3 is 3.00 bits per heavy atom. The number of hydrogen-bond acceptors (Lipinski definition) is 6. The molecule has 2 aromatic heterocycles. The van der Waals surface area contributed by atoms with E-state index in [1.54, 1.807) is 0 Å². The smallest absolute Gasteiger partial charge is 0.198 e. The standard InChI is InChI=1S/C6H8N6S/c1-3-2-13-6(8-3)4(7)5-9-11-12-10-5/h2,4H,7H2,1H3,(H,9,10,11,12). The van der Waals surface area contributed by atoms with Gasteiger partial charge in [-0.3, -0.25) is 0 Å². The molecule has 0 aliphatic carbocycles. The van der Waals surface area contributed by atoms with Crippen molar-refractivity contribution in [2.75, 3.05) is 0 Å². The van der Waals surface area contributed by atoms with Gasteiger partial charge < -0.3 is 5.73 Å². The van der Waals surface area contributed by atoms with Crippen LogP contribution in [-0.2, 0) is 0 Å². The summed E-state index contributed by atoms with van der Waals surface area (Å²) in [6, 6.07) is -0.377. The molecule has 3 N–H and O–H groups in total. The zero-order valence-corrected chi connectivity index (χ0v) is 7.75. The average Bonchev–Trinajstić information content (AvgIpc) is 2.72. The topological polar surface area (TPSA) is 93.4 Å². The number of hydrogen-bond donors (Lipinski definition) is 2. The van der Waals surface area contributed by atoms with E-state index in [1.807, 2.05) is 12.3 Å². The Hall–Kier alpha value is -1.34. The summed E-state index contributed by atoms with van der Waals surface area (Å²) in [5.74, 6) is 0.467. The van der Waals surface area contributed by atoms with Crippen LogP contribution in [-0.4, -0.2) is 25.6 Å². The van der Waals surface area contributed by atoms with Crippen LogP contribution in [0.1, 0.15) is 22.6 Å². The van der Waals surface area contributed by atoms with Gasteiger partial charge in [-0.25, -0.2) is 4.98 Å². The van der Waals surface area contributed by atoms with Gasteiger partial charge in [-0.15, -0.1) is 21.5 Å². The predicted molar refractivity (Wildman–Crippen MR) is 47.1 cm³/mol. The molecule has 7 heteroatoms. The third-order valence-corrected chi connectivity index (χ3v) is 2.59. The first kappa shape index (κ1) is 8.27. The maximum absolute atomic E-state index is 5.84. The van der Waals surface area contributed by atoms with Gasteiger partial charge in [-0.05, 0) is 6.92 Å². The maximum atomic E-state index is 5.84. The van der Waals surface area contributed by atoms with Gasteiger partial charge in [-0.1, -0.05) is 5.21 Å². The van der Waals surface area contributed by atoms with E-state index in [0.717, 1.165) is 10.7 Å². The molecule has 0 saturated heterocycles. The number of rotatable bonds is 2. The second kappa shape index (κ2) is 3.19. The van der Waals surface area contributed by atoms with Crippen molar-refractivity contribution in [2.45, 2.75) is 13.0 Å². The molecule has 2 heterocycles. The molecule has 2 aromatic rings. The summed E-state index contributed by atoms with van der Waals surface area (Å²) in [5.41, 5.74) is 6.79. The van der Waals surface area contributed by atoms with E-state index < -0.39 is 0 Å². The molecule has 68 valence electrons. The summed E-state index contributed by atoms with van der Waals surface area (Å²) < 4.78 is 0. The van der Waals surface area contributed by atoms with Crippen molar-refractivity contribution in [2.24, 2.45) is 5.73 Å². The zero-order chi connectivity index (χ0) is 9.26. The molecule has 0 spiro atoms. The number of nitrogens with two attached hydrogens (primary N) is 1. The first-order valence-corrected chi connectivity index (χ1v) is 4.56. The minimum absolute atomic E-state index is 0.377. The number of aryl methyl sites for hydroxylation is 1. The lowest BCUT2D eigenvalue weighted by molar-refractivity contribution is 0.774. The van der Waals surface area contributed by atoms with Crippen molar-refractivity contribution >= 4 is 11.3 Å². The molecular formula is C6H8N6S. The van der Waals surface area contributed by atoms with Gasteiger partial charge in [0, 0.05) is 11.1 Å². The van der Waals surface area contributed by atoms with Crippen molar-refractivity contribution in [3.8, 4) is 0 Å². The van der Waals surface area contributed by atoms with E-state index in [0.29, 0.717) is 5.82 Å². The molecule has 0 bridgehead atoms. The molecule has 0 saturated carbocycles. The van der Waals surface area contributed by atoms with Crippen molar-refractivity contribution in [1.29, 1.82) is 0 Å². The Morgan fingerprint density at radius 2 is 2.46 bits per heavy atom. The van der Waals surface area contributed by atoms with Crippen LogP contribution in [0.2, 0.25) is 0 Å². The second-order valence-electron chi connectivity index (χ2n) is 2.57. The third kappa shape index (κ3) is 1.56. The molecule has 0 aromatic carbocycles. The molecular weight excluding hydrogens is 188 g/mol. The predicted octanol–water partition coefficient (Wildman–Crippen LogP) is 0.0127. The Labute approximate surface area is 78.2 Å². The fourth-order valence-electron chi connectivity index (χ4n) is 0.927. The number of tetrazole rings is 1. The monoisotopic (exact) mass is 196 g/mol. The molecule has 2 rings (SSSR count). The van der Waals surface area contributed by atoms with Crippen LogP contribution in [0.15, 0.2) is 5.38 Å². The molecule has 0 fully saturated rings. The number of aromatic nitrogens is 5. The molecule has 6 nitrogen and oxygen atoms in total. The molecule has 1 atom stereocenters. The fourth-order valence-corrected chi connectivity index (χ4v) is 1.72. The Balaban J connectivity index is 2.28. The lowest BCUT2D eigenvalue weighted by atomic mass is 10.3. The third-order valence-electron chi connectivity index (χ3n) is 1.54. The Morgan fingerprint density at radius 1 is 1.62 bits per heavy atom. The van der Waals surface area contributed by atoms with Gasteiger partial charge in [0.2, 0.25) is 0 Å². The van der Waals surface area contributed by atoms with Gasteiger partial charge in [0.05, 0.1) is 0 Å². The molecule has 13 heavy (non-hydrogen) atoms. The van der Waals surface area contributed by atoms with E-state index in [9.17, 15) is 0 Å². The van der Waals surface area contributed by atoms with Gasteiger partial charge in [0.25, 0.3) is 0 Å². The van der Waals surface area contributed by atoms with Crippen LogP contribution in [0, 0.1) is 6.92 Å². The summed E-state index contributed by atoms with van der Waals surface area (Å²) in [6.07, 6.45) is 0. The van der Waals surface area contributed by atoms with Gasteiger partial charge in [0.15, 0.2) is 5.82 Å². The summed E-state index contributed by atoms with van der Waals surface area (Å²) in [6.45, 7) is 1.92. The normalized spacial score (nSPS) is 13.1. The van der Waals surface area contributed by atoms with Crippen molar-refractivity contribution in [1.82, 2.24) is 25.6 Å². The van der Waals surface area contributed by atoms with E-state index in [-0.39, 0.29) is 6.04 Å². The minimum atomic E-state index is -0.377. The van der Waals surface area contributed by atoms with Crippen LogP contribution in [0.25, 0.3) is 0 Å². The SMILES string of the molecule is Cc1csc(C(N)c2nn[nH]n2)n1. The Kier molecular flexibility index (Phi) is 2.03. The van der Waals surface area contributed by atoms with Crippen molar-refractivity contribution in [3.05, 3.63) is 21.9 Å². The second-order valence-corrected chi connectivity index (χ2v) is 3.46. The fraction of sp³-hybridized carbons (Fsp3) is 0.333. The summed E-state index contributed by atoms with van der Waals surface area (Å²) in [4.78, 5) is 4.24. The summed E-state index contributed by atoms with van der Waals surface area (Å²) >= 11 is 1.50. The largest absolute Gasteiger partial charge is 0.316 e. The van der Waals surface area contributed by atoms with Crippen molar-refractivity contribution < 1.29 is 0 Å². The number of H-pyrrole nitrogens is 1. The van der Waals surface area contributed by atoms with Gasteiger partial charge >= 0.3 is 0 Å². The molecule has 0 aliphatic heterocycles. The number of nitrogens with zero attached hydrogens (tertiary/aromatic N) is 4. The van der Waals surface area contributed by atoms with E-state index in [4.69, 9.17) is 5.73 Å². The quantitative estimate of drug-likeness (QED) is 0.705. The van der Waals surface area contributed by atoms with Crippen LogP contribution >= 0.6 is 11.3 Å². The lowest BCUT2D eigenvalue weighted by Gasteiger charge is -2.00. The maximum Gasteiger partial charge on any atom is 0.198 e. The Bertz CT molecular complexity index is 379. The highest BCUT2D eigenvalue weighted by atomic mass is 32.1. The molecule has 1 unspecified atom stereocenters. The van der Waals surface area contributed by atoms with E-state index in [1.165, 1.54) is 11.3 Å². The van der Waals surface area contributed by atoms with Crippen LogP contribution in [0.3, 0.4) is 0 Å². The highest BCUT2D eigenvalue weighted by Crippen LogP contribution is 2.19. The number of thiazole rings is 1. The first-order valence-electron chi connectivity index (χ1n) is 3.68. The highest BCUT2D eigenvalue weighted by Gasteiger charge is 2.16. The molecule has 0 amide bonds. The first-order chi connectivity index (χ1) is 6.27. The summed E-state index contributed by atoms with van der Waals surface area (Å²) in [7, 11) is 0. The van der Waals surface area contributed by atoms with Gasteiger partial charge in [-0.2, -0.15) is 5.21 Å². The van der Waals surface area contributed by atoms with Gasteiger partial charge in [0.1, 0.15) is 11.0 Å². The average molecular weight is 196 g/mol.